The van der Waals surface area contributed by atoms with E-state index in [1.54, 1.807) is 19.0 Å². The molecule has 2 atom stereocenters. The van der Waals surface area contributed by atoms with Gasteiger partial charge in [-0.1, -0.05) is 6.42 Å². The van der Waals surface area contributed by atoms with Crippen molar-refractivity contribution in [3.63, 3.8) is 0 Å². The first kappa shape index (κ1) is 11.7. The minimum atomic E-state index is 0. The van der Waals surface area contributed by atoms with Gasteiger partial charge in [0, 0.05) is 20.1 Å². The average molecular weight is 193 g/mol. The molecule has 0 bridgehead atoms. The van der Waals surface area contributed by atoms with Crippen LogP contribution in [0.25, 0.3) is 0 Å². The zero-order valence-electron chi connectivity index (χ0n) is 7.62. The van der Waals surface area contributed by atoms with Gasteiger partial charge in [0.2, 0.25) is 5.91 Å². The van der Waals surface area contributed by atoms with Crippen LogP contribution in [0.2, 0.25) is 0 Å². The summed E-state index contributed by atoms with van der Waals surface area (Å²) in [4.78, 5) is 13.0. The Balaban J connectivity index is 0.00000121. The third-order valence-corrected chi connectivity index (χ3v) is 2.33. The molecular formula is C8H17ClN2O. The molecule has 1 fully saturated rings. The van der Waals surface area contributed by atoms with E-state index in [1.165, 1.54) is 0 Å². The van der Waals surface area contributed by atoms with Gasteiger partial charge in [0.05, 0.1) is 5.92 Å². The molecule has 1 amide bonds. The van der Waals surface area contributed by atoms with Crippen LogP contribution in [0.15, 0.2) is 0 Å². The number of carbonyl (C=O) groups is 1. The summed E-state index contributed by atoms with van der Waals surface area (Å²) in [5.41, 5.74) is 5.77. The van der Waals surface area contributed by atoms with Crippen molar-refractivity contribution in [2.24, 2.45) is 11.7 Å². The summed E-state index contributed by atoms with van der Waals surface area (Å²) in [5.74, 6) is 0.278. The van der Waals surface area contributed by atoms with Crippen LogP contribution in [0.3, 0.4) is 0 Å². The summed E-state index contributed by atoms with van der Waals surface area (Å²) in [6, 6.07) is 0.102. The van der Waals surface area contributed by atoms with Crippen molar-refractivity contribution >= 4 is 18.3 Å². The van der Waals surface area contributed by atoms with Gasteiger partial charge >= 0.3 is 0 Å². The van der Waals surface area contributed by atoms with Gasteiger partial charge in [-0.25, -0.2) is 0 Å². The number of carbonyl (C=O) groups excluding carboxylic acids is 1. The number of hydrogen-bond donors (Lipinski definition) is 1. The molecule has 0 aromatic heterocycles. The van der Waals surface area contributed by atoms with Crippen LogP contribution in [0.4, 0.5) is 0 Å². The topological polar surface area (TPSA) is 46.3 Å². The first-order valence-electron chi connectivity index (χ1n) is 4.09. The van der Waals surface area contributed by atoms with Crippen molar-refractivity contribution in [3.05, 3.63) is 0 Å². The van der Waals surface area contributed by atoms with Crippen molar-refractivity contribution < 1.29 is 4.79 Å². The normalized spacial score (nSPS) is 27.9. The Morgan fingerprint density at radius 2 is 2.00 bits per heavy atom. The van der Waals surface area contributed by atoms with Crippen molar-refractivity contribution in [2.45, 2.75) is 25.3 Å². The van der Waals surface area contributed by atoms with E-state index in [1.807, 2.05) is 0 Å². The molecule has 0 heterocycles. The molecule has 3 nitrogen and oxygen atoms in total. The lowest BCUT2D eigenvalue weighted by atomic mass is 10.0. The van der Waals surface area contributed by atoms with Crippen LogP contribution in [0.5, 0.6) is 0 Å². The highest BCUT2D eigenvalue weighted by atomic mass is 35.5. The number of rotatable bonds is 1. The molecular weight excluding hydrogens is 176 g/mol. The second-order valence-corrected chi connectivity index (χ2v) is 3.43. The van der Waals surface area contributed by atoms with Gasteiger partial charge < -0.3 is 10.6 Å². The SMILES string of the molecule is CN(C)C(=O)[C@@H]1CCC[C@@H]1N.Cl. The summed E-state index contributed by atoms with van der Waals surface area (Å²) >= 11 is 0. The molecule has 0 spiro atoms. The summed E-state index contributed by atoms with van der Waals surface area (Å²) in [6.07, 6.45) is 3.08. The zero-order valence-corrected chi connectivity index (χ0v) is 8.43. The van der Waals surface area contributed by atoms with Gasteiger partial charge in [0.15, 0.2) is 0 Å². The highest BCUT2D eigenvalue weighted by Gasteiger charge is 2.30. The fourth-order valence-corrected chi connectivity index (χ4v) is 1.63. The molecule has 1 saturated carbocycles. The maximum atomic E-state index is 11.4. The second kappa shape index (κ2) is 4.67. The molecule has 12 heavy (non-hydrogen) atoms. The average Bonchev–Trinajstić information content (AvgIpc) is 2.33. The van der Waals surface area contributed by atoms with Gasteiger partial charge in [-0.2, -0.15) is 0 Å². The van der Waals surface area contributed by atoms with Crippen LogP contribution < -0.4 is 5.73 Å². The summed E-state index contributed by atoms with van der Waals surface area (Å²) in [7, 11) is 3.57. The summed E-state index contributed by atoms with van der Waals surface area (Å²) < 4.78 is 0. The monoisotopic (exact) mass is 192 g/mol. The van der Waals surface area contributed by atoms with Crippen LogP contribution in [-0.4, -0.2) is 30.9 Å². The number of nitrogens with two attached hydrogens (primary N) is 1. The molecule has 1 rings (SSSR count). The molecule has 0 aromatic carbocycles. The Morgan fingerprint density at radius 3 is 2.33 bits per heavy atom. The molecule has 0 radical (unpaired) electrons. The predicted molar refractivity (Wildman–Crippen MR) is 51.3 cm³/mol. The van der Waals surface area contributed by atoms with Crippen molar-refractivity contribution in [1.29, 1.82) is 0 Å². The molecule has 1 aliphatic rings. The van der Waals surface area contributed by atoms with Crippen LogP contribution in [0, 0.1) is 5.92 Å². The van der Waals surface area contributed by atoms with E-state index in [2.05, 4.69) is 0 Å². The lowest BCUT2D eigenvalue weighted by molar-refractivity contribution is -0.133. The van der Waals surface area contributed by atoms with Crippen LogP contribution in [-0.2, 0) is 4.79 Å². The number of halogens is 1. The Kier molecular flexibility index (Phi) is 4.57. The quantitative estimate of drug-likeness (QED) is 0.663. The largest absolute Gasteiger partial charge is 0.349 e. The van der Waals surface area contributed by atoms with Gasteiger partial charge in [-0.15, -0.1) is 12.4 Å². The first-order valence-corrected chi connectivity index (χ1v) is 4.09. The fourth-order valence-electron chi connectivity index (χ4n) is 1.63. The van der Waals surface area contributed by atoms with E-state index in [-0.39, 0.29) is 30.3 Å². The molecule has 0 saturated heterocycles. The Bertz CT molecular complexity index is 161. The van der Waals surface area contributed by atoms with Gasteiger partial charge in [-0.05, 0) is 12.8 Å². The standard InChI is InChI=1S/C8H16N2O.ClH/c1-10(2)8(11)6-4-3-5-7(6)9;/h6-7H,3-5,9H2,1-2H3;1H/t6-,7+;/m1./s1. The number of nitrogens with zero attached hydrogens (tertiary/aromatic N) is 1. The number of amides is 1. The Hall–Kier alpha value is -0.280. The second-order valence-electron chi connectivity index (χ2n) is 3.43. The van der Waals surface area contributed by atoms with Gasteiger partial charge in [0.25, 0.3) is 0 Å². The molecule has 0 unspecified atom stereocenters. The highest BCUT2D eigenvalue weighted by Crippen LogP contribution is 2.24. The minimum Gasteiger partial charge on any atom is -0.349 e. The first-order chi connectivity index (χ1) is 5.13. The maximum absolute atomic E-state index is 11.4. The van der Waals surface area contributed by atoms with Crippen molar-refractivity contribution in [2.75, 3.05) is 14.1 Å². The smallest absolute Gasteiger partial charge is 0.226 e. The van der Waals surface area contributed by atoms with E-state index < -0.39 is 0 Å². The zero-order chi connectivity index (χ0) is 8.43. The van der Waals surface area contributed by atoms with E-state index in [9.17, 15) is 4.79 Å². The summed E-state index contributed by atoms with van der Waals surface area (Å²) in [5, 5.41) is 0. The van der Waals surface area contributed by atoms with E-state index >= 15 is 0 Å². The highest BCUT2D eigenvalue weighted by molar-refractivity contribution is 5.85. The lowest BCUT2D eigenvalue weighted by Crippen LogP contribution is -2.37. The molecule has 72 valence electrons. The van der Waals surface area contributed by atoms with Gasteiger partial charge in [-0.3, -0.25) is 4.79 Å². The van der Waals surface area contributed by atoms with E-state index in [0.29, 0.717) is 0 Å². The predicted octanol–water partition coefficient (Wildman–Crippen LogP) is 0.624. The summed E-state index contributed by atoms with van der Waals surface area (Å²) in [6.45, 7) is 0. The van der Waals surface area contributed by atoms with Crippen molar-refractivity contribution in [1.82, 2.24) is 4.90 Å². The van der Waals surface area contributed by atoms with Crippen molar-refractivity contribution in [3.8, 4) is 0 Å². The van der Waals surface area contributed by atoms with E-state index in [4.69, 9.17) is 5.73 Å². The molecule has 0 aromatic rings. The number of hydrogen-bond acceptors (Lipinski definition) is 2. The third-order valence-electron chi connectivity index (χ3n) is 2.33. The molecule has 0 aliphatic heterocycles. The Morgan fingerprint density at radius 1 is 1.42 bits per heavy atom. The van der Waals surface area contributed by atoms with E-state index in [0.717, 1.165) is 19.3 Å². The minimum absolute atomic E-state index is 0. The lowest BCUT2D eigenvalue weighted by Gasteiger charge is -2.19. The maximum Gasteiger partial charge on any atom is 0.226 e. The van der Waals surface area contributed by atoms with Crippen LogP contribution in [0.1, 0.15) is 19.3 Å². The molecule has 2 N–H and O–H groups in total. The Labute approximate surface area is 79.7 Å². The van der Waals surface area contributed by atoms with Gasteiger partial charge in [0.1, 0.15) is 0 Å². The van der Waals surface area contributed by atoms with Crippen LogP contribution >= 0.6 is 12.4 Å². The third kappa shape index (κ3) is 2.35. The molecule has 4 heteroatoms. The fraction of sp³-hybridized carbons (Fsp3) is 0.875. The molecule has 1 aliphatic carbocycles.